The van der Waals surface area contributed by atoms with Crippen molar-refractivity contribution >= 4 is 17.8 Å². The zero-order valence-electron chi connectivity index (χ0n) is 12.5. The maximum Gasteiger partial charge on any atom is 0.433 e. The molecule has 8 heteroatoms. The topological polar surface area (TPSA) is 103 Å². The third kappa shape index (κ3) is 3.73. The molecule has 0 aliphatic rings. The van der Waals surface area contributed by atoms with Gasteiger partial charge in [-0.15, -0.1) is 0 Å². The number of rotatable bonds is 5. The van der Waals surface area contributed by atoms with E-state index in [-0.39, 0.29) is 12.3 Å². The van der Waals surface area contributed by atoms with Crippen LogP contribution < -0.4 is 0 Å². The van der Waals surface area contributed by atoms with Gasteiger partial charge in [-0.25, -0.2) is 4.79 Å². The first-order chi connectivity index (χ1) is 10.9. The van der Waals surface area contributed by atoms with Crippen LogP contribution >= 0.6 is 0 Å². The van der Waals surface area contributed by atoms with Crippen molar-refractivity contribution in [2.24, 2.45) is 0 Å². The number of furan rings is 1. The van der Waals surface area contributed by atoms with Gasteiger partial charge in [-0.3, -0.25) is 14.9 Å². The second kappa shape index (κ2) is 6.73. The molecule has 2 aromatic rings. The van der Waals surface area contributed by atoms with Gasteiger partial charge in [0, 0.05) is 13.6 Å². The lowest BCUT2D eigenvalue weighted by Gasteiger charge is -2.15. The summed E-state index contributed by atoms with van der Waals surface area (Å²) < 4.78 is 9.48. The summed E-state index contributed by atoms with van der Waals surface area (Å²) >= 11 is 0. The van der Waals surface area contributed by atoms with Crippen LogP contribution in [0.15, 0.2) is 40.8 Å². The number of benzene rings is 1. The molecule has 0 unspecified atom stereocenters. The molecule has 0 aliphatic heterocycles. The average Bonchev–Trinajstić information content (AvgIpc) is 3.04. The Bertz CT molecular complexity index is 735. The molecule has 1 heterocycles. The zero-order chi connectivity index (χ0) is 17.0. The van der Waals surface area contributed by atoms with Crippen LogP contribution in [0.5, 0.6) is 0 Å². The lowest BCUT2D eigenvalue weighted by molar-refractivity contribution is -0.402. The van der Waals surface area contributed by atoms with Crippen molar-refractivity contribution < 1.29 is 23.7 Å². The lowest BCUT2D eigenvalue weighted by Crippen LogP contribution is -2.25. The molecule has 2 rings (SSSR count). The molecule has 0 bridgehead atoms. The second-order valence-electron chi connectivity index (χ2n) is 4.74. The van der Waals surface area contributed by atoms with E-state index in [1.807, 2.05) is 0 Å². The van der Waals surface area contributed by atoms with Gasteiger partial charge in [0.05, 0.1) is 18.7 Å². The van der Waals surface area contributed by atoms with Gasteiger partial charge in [0.2, 0.25) is 0 Å². The Hall–Kier alpha value is -3.16. The maximum atomic E-state index is 12.1. The van der Waals surface area contributed by atoms with Crippen molar-refractivity contribution in [2.75, 3.05) is 14.2 Å². The largest absolute Gasteiger partial charge is 0.465 e. The Morgan fingerprint density at radius 3 is 2.39 bits per heavy atom. The molecular formula is C15H14N2O6. The molecule has 0 aliphatic carbocycles. The van der Waals surface area contributed by atoms with E-state index in [4.69, 9.17) is 4.42 Å². The van der Waals surface area contributed by atoms with Crippen molar-refractivity contribution in [1.82, 2.24) is 4.90 Å². The van der Waals surface area contributed by atoms with E-state index in [1.54, 1.807) is 31.3 Å². The van der Waals surface area contributed by atoms with E-state index >= 15 is 0 Å². The van der Waals surface area contributed by atoms with E-state index in [2.05, 4.69) is 4.74 Å². The third-order valence-electron chi connectivity index (χ3n) is 3.12. The minimum atomic E-state index is -0.706. The number of ether oxygens (including phenoxy) is 1. The van der Waals surface area contributed by atoms with Crippen LogP contribution in [-0.4, -0.2) is 35.9 Å². The first kappa shape index (κ1) is 16.2. The molecular weight excluding hydrogens is 304 g/mol. The van der Waals surface area contributed by atoms with Gasteiger partial charge >= 0.3 is 11.9 Å². The number of hydrogen-bond acceptors (Lipinski definition) is 6. The molecule has 0 N–H and O–H groups in total. The van der Waals surface area contributed by atoms with Crippen LogP contribution in [0.3, 0.4) is 0 Å². The standard InChI is InChI=1S/C15H14N2O6/c1-16(14(18)12-7-8-13(23-12)17(20)21)9-10-3-5-11(6-4-10)15(19)22-2/h3-8H,9H2,1-2H3. The molecule has 0 saturated carbocycles. The zero-order valence-corrected chi connectivity index (χ0v) is 12.5. The smallest absolute Gasteiger partial charge is 0.433 e. The number of nitro groups is 1. The van der Waals surface area contributed by atoms with Crippen molar-refractivity contribution in [2.45, 2.75) is 6.54 Å². The van der Waals surface area contributed by atoms with Crippen molar-refractivity contribution in [3.63, 3.8) is 0 Å². The number of esters is 1. The molecule has 0 atom stereocenters. The fourth-order valence-corrected chi connectivity index (χ4v) is 1.94. The molecule has 0 radical (unpaired) electrons. The van der Waals surface area contributed by atoms with Crippen LogP contribution in [0, 0.1) is 10.1 Å². The maximum absolute atomic E-state index is 12.1. The van der Waals surface area contributed by atoms with Gasteiger partial charge in [-0.05, 0) is 23.8 Å². The third-order valence-corrected chi connectivity index (χ3v) is 3.12. The number of carbonyl (C=O) groups excluding carboxylic acids is 2. The van der Waals surface area contributed by atoms with Gasteiger partial charge in [0.1, 0.15) is 4.92 Å². The highest BCUT2D eigenvalue weighted by atomic mass is 16.6. The molecule has 0 saturated heterocycles. The number of carbonyl (C=O) groups is 2. The van der Waals surface area contributed by atoms with Gasteiger partial charge in [0.25, 0.3) is 5.91 Å². The minimum Gasteiger partial charge on any atom is -0.465 e. The minimum absolute atomic E-state index is 0.106. The van der Waals surface area contributed by atoms with Crippen LogP contribution in [0.1, 0.15) is 26.5 Å². The molecule has 1 aromatic heterocycles. The van der Waals surface area contributed by atoms with E-state index < -0.39 is 22.7 Å². The van der Waals surface area contributed by atoms with Crippen LogP contribution in [0.2, 0.25) is 0 Å². The highest BCUT2D eigenvalue weighted by Gasteiger charge is 2.20. The molecule has 120 valence electrons. The molecule has 1 amide bonds. The second-order valence-corrected chi connectivity index (χ2v) is 4.74. The summed E-state index contributed by atoms with van der Waals surface area (Å²) in [6.45, 7) is 0.259. The Labute approximate surface area is 131 Å². The average molecular weight is 318 g/mol. The predicted octanol–water partition coefficient (Wildman–Crippen LogP) is 2.25. The number of amides is 1. The Kier molecular flexibility index (Phi) is 4.75. The van der Waals surface area contributed by atoms with E-state index in [1.165, 1.54) is 18.1 Å². The van der Waals surface area contributed by atoms with Crippen LogP contribution in [-0.2, 0) is 11.3 Å². The van der Waals surface area contributed by atoms with E-state index in [9.17, 15) is 19.7 Å². The number of methoxy groups -OCH3 is 1. The molecule has 8 nitrogen and oxygen atoms in total. The van der Waals surface area contributed by atoms with Gasteiger partial charge in [-0.1, -0.05) is 12.1 Å². The highest BCUT2D eigenvalue weighted by molar-refractivity contribution is 5.91. The summed E-state index contributed by atoms with van der Waals surface area (Å²) in [4.78, 5) is 34.7. The first-order valence-electron chi connectivity index (χ1n) is 6.59. The van der Waals surface area contributed by atoms with Gasteiger partial charge in [-0.2, -0.15) is 0 Å². The normalized spacial score (nSPS) is 10.2. The summed E-state index contributed by atoms with van der Waals surface area (Å²) in [5, 5.41) is 10.6. The Balaban J connectivity index is 2.05. The first-order valence-corrected chi connectivity index (χ1v) is 6.59. The van der Waals surface area contributed by atoms with Crippen LogP contribution in [0.4, 0.5) is 5.88 Å². The molecule has 0 fully saturated rings. The summed E-state index contributed by atoms with van der Waals surface area (Å²) in [6, 6.07) is 8.97. The highest BCUT2D eigenvalue weighted by Crippen LogP contribution is 2.18. The quantitative estimate of drug-likeness (QED) is 0.476. The lowest BCUT2D eigenvalue weighted by atomic mass is 10.1. The fraction of sp³-hybridized carbons (Fsp3) is 0.200. The number of hydrogen-bond donors (Lipinski definition) is 0. The Morgan fingerprint density at radius 1 is 1.22 bits per heavy atom. The van der Waals surface area contributed by atoms with Crippen molar-refractivity contribution in [1.29, 1.82) is 0 Å². The van der Waals surface area contributed by atoms with Gasteiger partial charge < -0.3 is 14.1 Å². The molecule has 23 heavy (non-hydrogen) atoms. The monoisotopic (exact) mass is 318 g/mol. The summed E-state index contributed by atoms with van der Waals surface area (Å²) in [7, 11) is 2.84. The van der Waals surface area contributed by atoms with E-state index in [0.29, 0.717) is 5.56 Å². The SMILES string of the molecule is COC(=O)c1ccc(CN(C)C(=O)c2ccc([N+](=O)[O-])o2)cc1. The summed E-state index contributed by atoms with van der Waals surface area (Å²) in [5.74, 6) is -1.51. The Morgan fingerprint density at radius 2 is 1.87 bits per heavy atom. The van der Waals surface area contributed by atoms with Crippen LogP contribution in [0.25, 0.3) is 0 Å². The molecule has 0 spiro atoms. The predicted molar refractivity (Wildman–Crippen MR) is 78.9 cm³/mol. The fourth-order valence-electron chi connectivity index (χ4n) is 1.94. The van der Waals surface area contributed by atoms with Crippen molar-refractivity contribution in [3.8, 4) is 0 Å². The summed E-state index contributed by atoms with van der Waals surface area (Å²) in [5.41, 5.74) is 1.20. The van der Waals surface area contributed by atoms with Gasteiger partial charge in [0.15, 0.2) is 5.76 Å². The number of nitrogens with zero attached hydrogens (tertiary/aromatic N) is 2. The van der Waals surface area contributed by atoms with Crippen molar-refractivity contribution in [3.05, 3.63) is 63.4 Å². The molecule has 1 aromatic carbocycles. The van der Waals surface area contributed by atoms with E-state index in [0.717, 1.165) is 11.6 Å². The summed E-state index contributed by atoms with van der Waals surface area (Å²) in [6.07, 6.45) is 0.